The van der Waals surface area contributed by atoms with Crippen LogP contribution in [0.5, 0.6) is 5.75 Å². The van der Waals surface area contributed by atoms with E-state index in [4.69, 9.17) is 0 Å². The summed E-state index contributed by atoms with van der Waals surface area (Å²) in [6.07, 6.45) is 0.834. The molecule has 1 rings (SSSR count). The van der Waals surface area contributed by atoms with E-state index < -0.39 is 5.82 Å². The molecular weight excluding hydrogens is 247 g/mol. The first-order valence-corrected chi connectivity index (χ1v) is 6.38. The number of carbonyl (C=O) groups excluding carboxylic acids is 1. The molecule has 1 amide bonds. The second kappa shape index (κ2) is 7.09. The van der Waals surface area contributed by atoms with Crippen molar-refractivity contribution in [3.05, 3.63) is 29.6 Å². The zero-order chi connectivity index (χ0) is 14.4. The van der Waals surface area contributed by atoms with Gasteiger partial charge in [-0.2, -0.15) is 0 Å². The first kappa shape index (κ1) is 15.4. The average Bonchev–Trinajstić information content (AvgIpc) is 2.33. The largest absolute Gasteiger partial charge is 0.507 e. The van der Waals surface area contributed by atoms with Crippen LogP contribution in [0.1, 0.15) is 23.7 Å². The smallest absolute Gasteiger partial charge is 0.257 e. The zero-order valence-electron chi connectivity index (χ0n) is 11.7. The Morgan fingerprint density at radius 1 is 1.26 bits per heavy atom. The predicted molar refractivity (Wildman–Crippen MR) is 72.8 cm³/mol. The van der Waals surface area contributed by atoms with Gasteiger partial charge in [0, 0.05) is 25.7 Å². The van der Waals surface area contributed by atoms with E-state index in [9.17, 15) is 14.3 Å². The van der Waals surface area contributed by atoms with E-state index in [0.29, 0.717) is 13.1 Å². The number of phenolic OH excluding ortho intramolecular Hbond substituents is 1. The summed E-state index contributed by atoms with van der Waals surface area (Å²) in [5, 5.41) is 9.66. The third kappa shape index (κ3) is 4.52. The molecule has 0 aromatic heterocycles. The molecule has 0 fully saturated rings. The van der Waals surface area contributed by atoms with Gasteiger partial charge in [0.05, 0.1) is 5.56 Å². The molecule has 0 aliphatic carbocycles. The number of halogens is 1. The lowest BCUT2D eigenvalue weighted by Gasteiger charge is -2.24. The molecule has 0 unspecified atom stereocenters. The SMILES string of the molecule is CCCN(CCN(C)C)C(=O)c1ccc(F)cc1O. The Balaban J connectivity index is 2.85. The number of aromatic hydroxyl groups is 1. The maximum Gasteiger partial charge on any atom is 0.257 e. The number of rotatable bonds is 6. The molecule has 0 saturated heterocycles. The molecule has 0 saturated carbocycles. The van der Waals surface area contributed by atoms with Gasteiger partial charge in [-0.15, -0.1) is 0 Å². The van der Waals surface area contributed by atoms with Crippen LogP contribution in [-0.2, 0) is 0 Å². The van der Waals surface area contributed by atoms with E-state index in [1.165, 1.54) is 12.1 Å². The molecule has 1 N–H and O–H groups in total. The van der Waals surface area contributed by atoms with E-state index in [1.54, 1.807) is 4.90 Å². The minimum absolute atomic E-state index is 0.147. The summed E-state index contributed by atoms with van der Waals surface area (Å²) in [6.45, 7) is 3.92. The Kier molecular flexibility index (Phi) is 5.76. The van der Waals surface area contributed by atoms with Crippen LogP contribution >= 0.6 is 0 Å². The highest BCUT2D eigenvalue weighted by atomic mass is 19.1. The van der Waals surface area contributed by atoms with Crippen LogP contribution in [0.4, 0.5) is 4.39 Å². The third-order valence-corrected chi connectivity index (χ3v) is 2.79. The number of carbonyl (C=O) groups is 1. The molecule has 0 spiro atoms. The zero-order valence-corrected chi connectivity index (χ0v) is 11.7. The third-order valence-electron chi connectivity index (χ3n) is 2.79. The average molecular weight is 268 g/mol. The number of hydrogen-bond donors (Lipinski definition) is 1. The van der Waals surface area contributed by atoms with Gasteiger partial charge in [0.1, 0.15) is 11.6 Å². The second-order valence-electron chi connectivity index (χ2n) is 4.76. The van der Waals surface area contributed by atoms with Gasteiger partial charge in [0.25, 0.3) is 5.91 Å². The quantitative estimate of drug-likeness (QED) is 0.857. The van der Waals surface area contributed by atoms with E-state index in [1.807, 2.05) is 25.9 Å². The summed E-state index contributed by atoms with van der Waals surface area (Å²) in [5.41, 5.74) is 0.147. The summed E-state index contributed by atoms with van der Waals surface area (Å²) in [6, 6.07) is 3.47. The van der Waals surface area contributed by atoms with Gasteiger partial charge < -0.3 is 14.9 Å². The number of likely N-dealkylation sites (N-methyl/N-ethyl adjacent to an activating group) is 1. The molecule has 0 heterocycles. The summed E-state index contributed by atoms with van der Waals surface area (Å²) in [4.78, 5) is 16.0. The fraction of sp³-hybridized carbons (Fsp3) is 0.500. The highest BCUT2D eigenvalue weighted by Gasteiger charge is 2.18. The molecule has 0 radical (unpaired) electrons. The number of amides is 1. The van der Waals surface area contributed by atoms with Crippen molar-refractivity contribution in [2.24, 2.45) is 0 Å². The summed E-state index contributed by atoms with van der Waals surface area (Å²) < 4.78 is 12.9. The fourth-order valence-corrected chi connectivity index (χ4v) is 1.76. The molecule has 19 heavy (non-hydrogen) atoms. The molecule has 4 nitrogen and oxygen atoms in total. The predicted octanol–water partition coefficient (Wildman–Crippen LogP) is 1.95. The van der Waals surface area contributed by atoms with Crippen molar-refractivity contribution in [3.8, 4) is 5.75 Å². The van der Waals surface area contributed by atoms with Crippen molar-refractivity contribution in [1.29, 1.82) is 0 Å². The topological polar surface area (TPSA) is 43.8 Å². The minimum atomic E-state index is -0.551. The van der Waals surface area contributed by atoms with Crippen molar-refractivity contribution < 1.29 is 14.3 Å². The lowest BCUT2D eigenvalue weighted by molar-refractivity contribution is 0.0742. The Labute approximate surface area is 113 Å². The lowest BCUT2D eigenvalue weighted by Crippen LogP contribution is -2.37. The Morgan fingerprint density at radius 3 is 2.47 bits per heavy atom. The molecule has 0 bridgehead atoms. The standard InChI is InChI=1S/C14H21FN2O2/c1-4-7-17(9-8-16(2)3)14(19)12-6-5-11(15)10-13(12)18/h5-6,10,18H,4,7-9H2,1-3H3. The number of phenols is 1. The molecule has 0 atom stereocenters. The maximum atomic E-state index is 12.9. The van der Waals surface area contributed by atoms with Gasteiger partial charge in [0.2, 0.25) is 0 Å². The Hall–Kier alpha value is -1.62. The highest BCUT2D eigenvalue weighted by Crippen LogP contribution is 2.20. The highest BCUT2D eigenvalue weighted by molar-refractivity contribution is 5.96. The first-order chi connectivity index (χ1) is 8.95. The summed E-state index contributed by atoms with van der Waals surface area (Å²) in [5.74, 6) is -1.12. The van der Waals surface area contributed by atoms with Crippen LogP contribution in [0, 0.1) is 5.82 Å². The molecular formula is C14H21FN2O2. The van der Waals surface area contributed by atoms with Gasteiger partial charge in [0.15, 0.2) is 0 Å². The fourth-order valence-electron chi connectivity index (χ4n) is 1.76. The van der Waals surface area contributed by atoms with Crippen LogP contribution in [0.25, 0.3) is 0 Å². The number of nitrogens with zero attached hydrogens (tertiary/aromatic N) is 2. The van der Waals surface area contributed by atoms with E-state index in [2.05, 4.69) is 0 Å². The molecule has 1 aromatic carbocycles. The van der Waals surface area contributed by atoms with Crippen molar-refractivity contribution >= 4 is 5.91 Å². The first-order valence-electron chi connectivity index (χ1n) is 6.38. The molecule has 106 valence electrons. The van der Waals surface area contributed by atoms with E-state index >= 15 is 0 Å². The Bertz CT molecular complexity index is 435. The van der Waals surface area contributed by atoms with Crippen molar-refractivity contribution in [2.75, 3.05) is 33.7 Å². The second-order valence-corrected chi connectivity index (χ2v) is 4.76. The number of benzene rings is 1. The molecule has 5 heteroatoms. The molecule has 0 aliphatic rings. The monoisotopic (exact) mass is 268 g/mol. The normalized spacial score (nSPS) is 10.8. The maximum absolute atomic E-state index is 12.9. The number of hydrogen-bond acceptors (Lipinski definition) is 3. The van der Waals surface area contributed by atoms with Crippen LogP contribution < -0.4 is 0 Å². The van der Waals surface area contributed by atoms with Crippen LogP contribution in [0.15, 0.2) is 18.2 Å². The lowest BCUT2D eigenvalue weighted by atomic mass is 10.1. The van der Waals surface area contributed by atoms with E-state index in [0.717, 1.165) is 19.0 Å². The van der Waals surface area contributed by atoms with Gasteiger partial charge in [-0.3, -0.25) is 4.79 Å². The molecule has 1 aromatic rings. The van der Waals surface area contributed by atoms with Crippen molar-refractivity contribution in [3.63, 3.8) is 0 Å². The van der Waals surface area contributed by atoms with Gasteiger partial charge in [-0.05, 0) is 32.6 Å². The van der Waals surface area contributed by atoms with E-state index in [-0.39, 0.29) is 17.2 Å². The van der Waals surface area contributed by atoms with Gasteiger partial charge in [-0.25, -0.2) is 4.39 Å². The van der Waals surface area contributed by atoms with Crippen molar-refractivity contribution in [1.82, 2.24) is 9.80 Å². The summed E-state index contributed by atoms with van der Waals surface area (Å²) in [7, 11) is 3.87. The van der Waals surface area contributed by atoms with Gasteiger partial charge >= 0.3 is 0 Å². The van der Waals surface area contributed by atoms with Crippen LogP contribution in [0.2, 0.25) is 0 Å². The van der Waals surface area contributed by atoms with Gasteiger partial charge in [-0.1, -0.05) is 6.92 Å². The van der Waals surface area contributed by atoms with Crippen molar-refractivity contribution in [2.45, 2.75) is 13.3 Å². The Morgan fingerprint density at radius 2 is 1.95 bits per heavy atom. The van der Waals surface area contributed by atoms with Crippen LogP contribution in [0.3, 0.4) is 0 Å². The van der Waals surface area contributed by atoms with Crippen LogP contribution in [-0.4, -0.2) is 54.5 Å². The molecule has 0 aliphatic heterocycles. The minimum Gasteiger partial charge on any atom is -0.507 e. The summed E-state index contributed by atoms with van der Waals surface area (Å²) >= 11 is 0.